The van der Waals surface area contributed by atoms with E-state index in [2.05, 4.69) is 0 Å². The fourth-order valence-corrected chi connectivity index (χ4v) is 4.52. The SMILES string of the molecule is CC(=O)O[C@H]1CC[C@]2(C)C(C)C(C)C[C@@H](OC(=O)C(F)(F)F)[C@@]2(O)C1. The van der Waals surface area contributed by atoms with Crippen molar-refractivity contribution in [3.8, 4) is 0 Å². The molecule has 0 radical (unpaired) electrons. The zero-order valence-corrected chi connectivity index (χ0v) is 14.9. The monoisotopic (exact) mass is 366 g/mol. The maximum Gasteiger partial charge on any atom is 0.490 e. The fraction of sp³-hybridized carbons (Fsp3) is 0.882. The molecule has 25 heavy (non-hydrogen) atoms. The molecule has 0 amide bonds. The molecule has 0 saturated heterocycles. The Bertz CT molecular complexity index is 549. The quantitative estimate of drug-likeness (QED) is 0.761. The van der Waals surface area contributed by atoms with E-state index in [-0.39, 0.29) is 24.7 Å². The third kappa shape index (κ3) is 3.50. The van der Waals surface area contributed by atoms with Crippen LogP contribution in [0.1, 0.15) is 53.4 Å². The molecule has 1 N–H and O–H groups in total. The molecular weight excluding hydrogens is 341 g/mol. The van der Waals surface area contributed by atoms with Gasteiger partial charge < -0.3 is 14.6 Å². The van der Waals surface area contributed by atoms with Crippen LogP contribution in [0.2, 0.25) is 0 Å². The molecule has 2 fully saturated rings. The summed E-state index contributed by atoms with van der Waals surface area (Å²) in [6.45, 7) is 6.88. The Morgan fingerprint density at radius 3 is 2.32 bits per heavy atom. The molecule has 2 unspecified atom stereocenters. The molecule has 2 aliphatic carbocycles. The highest BCUT2D eigenvalue weighted by Gasteiger charge is 2.64. The molecule has 0 aromatic heterocycles. The second-order valence-electron chi connectivity index (χ2n) is 7.71. The highest BCUT2D eigenvalue weighted by Crippen LogP contribution is 2.58. The van der Waals surface area contributed by atoms with E-state index in [0.29, 0.717) is 12.8 Å². The van der Waals surface area contributed by atoms with Gasteiger partial charge in [-0.25, -0.2) is 4.79 Å². The van der Waals surface area contributed by atoms with Crippen LogP contribution in [0.25, 0.3) is 0 Å². The third-order valence-corrected chi connectivity index (χ3v) is 6.30. The fourth-order valence-electron chi connectivity index (χ4n) is 4.52. The molecule has 0 aromatic rings. The predicted molar refractivity (Wildman–Crippen MR) is 81.3 cm³/mol. The molecule has 144 valence electrons. The lowest BCUT2D eigenvalue weighted by Gasteiger charge is -2.60. The van der Waals surface area contributed by atoms with Gasteiger partial charge >= 0.3 is 18.1 Å². The predicted octanol–water partition coefficient (Wildman–Crippen LogP) is 2.99. The summed E-state index contributed by atoms with van der Waals surface area (Å²) in [5.41, 5.74) is -2.42. The Labute approximate surface area is 144 Å². The average Bonchev–Trinajstić information content (AvgIpc) is 2.46. The summed E-state index contributed by atoms with van der Waals surface area (Å²) >= 11 is 0. The Morgan fingerprint density at radius 1 is 1.20 bits per heavy atom. The summed E-state index contributed by atoms with van der Waals surface area (Å²) in [7, 11) is 0. The first kappa shape index (κ1) is 20.0. The first-order valence-corrected chi connectivity index (χ1v) is 8.48. The molecule has 0 spiro atoms. The first-order chi connectivity index (χ1) is 11.3. The summed E-state index contributed by atoms with van der Waals surface area (Å²) in [6, 6.07) is 0. The highest BCUT2D eigenvalue weighted by molar-refractivity contribution is 5.76. The topological polar surface area (TPSA) is 72.8 Å². The number of carbonyl (C=O) groups excluding carboxylic acids is 2. The van der Waals surface area contributed by atoms with E-state index in [9.17, 15) is 27.9 Å². The van der Waals surface area contributed by atoms with Crippen molar-refractivity contribution in [2.75, 3.05) is 0 Å². The van der Waals surface area contributed by atoms with E-state index in [1.54, 1.807) is 0 Å². The van der Waals surface area contributed by atoms with Crippen LogP contribution in [0.5, 0.6) is 0 Å². The summed E-state index contributed by atoms with van der Waals surface area (Å²) in [5.74, 6) is -2.83. The molecule has 0 aliphatic heterocycles. The Morgan fingerprint density at radius 2 is 1.80 bits per heavy atom. The number of aliphatic hydroxyl groups is 1. The second-order valence-corrected chi connectivity index (χ2v) is 7.71. The number of ether oxygens (including phenoxy) is 2. The van der Waals surface area contributed by atoms with Crippen LogP contribution in [0.4, 0.5) is 13.2 Å². The minimum Gasteiger partial charge on any atom is -0.462 e. The van der Waals surface area contributed by atoms with Gasteiger partial charge in [0.1, 0.15) is 17.8 Å². The number of rotatable bonds is 2. The van der Waals surface area contributed by atoms with Crippen molar-refractivity contribution in [2.24, 2.45) is 17.3 Å². The minimum atomic E-state index is -5.12. The Kier molecular flexibility index (Phi) is 5.16. The molecule has 2 aliphatic rings. The molecule has 2 saturated carbocycles. The number of esters is 2. The van der Waals surface area contributed by atoms with Gasteiger partial charge in [0.05, 0.1) is 0 Å². The smallest absolute Gasteiger partial charge is 0.462 e. The van der Waals surface area contributed by atoms with Crippen molar-refractivity contribution in [1.29, 1.82) is 0 Å². The van der Waals surface area contributed by atoms with Crippen molar-refractivity contribution in [2.45, 2.75) is 77.4 Å². The number of halogens is 3. The summed E-state index contributed by atoms with van der Waals surface area (Å²) in [4.78, 5) is 22.6. The molecule has 0 aromatic carbocycles. The Hall–Kier alpha value is -1.31. The van der Waals surface area contributed by atoms with Gasteiger partial charge in [-0.05, 0) is 31.1 Å². The third-order valence-electron chi connectivity index (χ3n) is 6.30. The van der Waals surface area contributed by atoms with Crippen LogP contribution in [0, 0.1) is 17.3 Å². The van der Waals surface area contributed by atoms with E-state index in [1.165, 1.54) is 6.92 Å². The number of alkyl halides is 3. The number of fused-ring (bicyclic) bond motifs is 1. The summed E-state index contributed by atoms with van der Waals surface area (Å²) < 4.78 is 47.8. The van der Waals surface area contributed by atoms with Gasteiger partial charge in [-0.1, -0.05) is 20.8 Å². The van der Waals surface area contributed by atoms with E-state index in [0.717, 1.165) is 0 Å². The van der Waals surface area contributed by atoms with Gasteiger partial charge in [-0.3, -0.25) is 4.79 Å². The van der Waals surface area contributed by atoms with Crippen molar-refractivity contribution in [3.05, 3.63) is 0 Å². The van der Waals surface area contributed by atoms with Crippen LogP contribution in [-0.4, -0.2) is 41.0 Å². The van der Waals surface area contributed by atoms with E-state index in [1.807, 2.05) is 20.8 Å². The molecule has 2 rings (SSSR count). The highest BCUT2D eigenvalue weighted by atomic mass is 19.4. The van der Waals surface area contributed by atoms with Crippen molar-refractivity contribution in [3.63, 3.8) is 0 Å². The van der Waals surface area contributed by atoms with Gasteiger partial charge in [-0.2, -0.15) is 13.2 Å². The normalized spacial score (nSPS) is 41.6. The first-order valence-electron chi connectivity index (χ1n) is 8.48. The number of carbonyl (C=O) groups is 2. The average molecular weight is 366 g/mol. The zero-order chi connectivity index (χ0) is 19.2. The lowest BCUT2D eigenvalue weighted by molar-refractivity contribution is -0.266. The molecule has 5 nitrogen and oxygen atoms in total. The molecular formula is C17H25F3O5. The molecule has 0 heterocycles. The van der Waals surface area contributed by atoms with Crippen LogP contribution in [0.15, 0.2) is 0 Å². The summed E-state index contributed by atoms with van der Waals surface area (Å²) in [5, 5.41) is 11.4. The van der Waals surface area contributed by atoms with Gasteiger partial charge in [0.15, 0.2) is 0 Å². The standard InChI is InChI=1S/C17H25F3O5/c1-9-7-13(25-14(22)17(18,19)20)16(23)8-12(24-11(3)21)5-6-15(16,4)10(9)2/h9-10,12-13,23H,5-8H2,1-4H3/t9?,10?,12-,13+,15+,16-/m0/s1. The number of hydrogen-bond acceptors (Lipinski definition) is 5. The van der Waals surface area contributed by atoms with E-state index in [4.69, 9.17) is 9.47 Å². The van der Waals surface area contributed by atoms with Gasteiger partial charge in [0, 0.05) is 18.8 Å². The van der Waals surface area contributed by atoms with Crippen molar-refractivity contribution < 1.29 is 37.3 Å². The van der Waals surface area contributed by atoms with Gasteiger partial charge in [-0.15, -0.1) is 0 Å². The lowest BCUT2D eigenvalue weighted by atomic mass is 9.49. The van der Waals surface area contributed by atoms with Crippen LogP contribution >= 0.6 is 0 Å². The van der Waals surface area contributed by atoms with E-state index < -0.39 is 41.3 Å². The zero-order valence-electron chi connectivity index (χ0n) is 14.9. The molecule has 0 bridgehead atoms. The minimum absolute atomic E-state index is 0.0108. The molecule has 8 heteroatoms. The van der Waals surface area contributed by atoms with Gasteiger partial charge in [0.25, 0.3) is 0 Å². The van der Waals surface area contributed by atoms with Crippen LogP contribution < -0.4 is 0 Å². The van der Waals surface area contributed by atoms with Gasteiger partial charge in [0.2, 0.25) is 0 Å². The molecule has 6 atom stereocenters. The maximum atomic E-state index is 12.6. The van der Waals surface area contributed by atoms with E-state index >= 15 is 0 Å². The van der Waals surface area contributed by atoms with Crippen molar-refractivity contribution in [1.82, 2.24) is 0 Å². The van der Waals surface area contributed by atoms with Crippen LogP contribution in [0.3, 0.4) is 0 Å². The van der Waals surface area contributed by atoms with Crippen molar-refractivity contribution >= 4 is 11.9 Å². The summed E-state index contributed by atoms with van der Waals surface area (Å²) in [6.07, 6.45) is -5.97. The second kappa shape index (κ2) is 6.45. The largest absolute Gasteiger partial charge is 0.490 e. The number of hydrogen-bond donors (Lipinski definition) is 1. The Balaban J connectivity index is 2.34. The maximum absolute atomic E-state index is 12.6. The van der Waals surface area contributed by atoms with Crippen LogP contribution in [-0.2, 0) is 19.1 Å². The lowest BCUT2D eigenvalue weighted by Crippen LogP contribution is -2.67.